The van der Waals surface area contributed by atoms with Gasteiger partial charge in [-0.1, -0.05) is 5.92 Å². The average molecular weight is 240 g/mol. The second-order valence-corrected chi connectivity index (χ2v) is 5.10. The lowest BCUT2D eigenvalue weighted by molar-refractivity contribution is 0.0236. The highest BCUT2D eigenvalue weighted by molar-refractivity contribution is 5.68. The summed E-state index contributed by atoms with van der Waals surface area (Å²) in [6, 6.07) is -0.212. The Morgan fingerprint density at radius 3 is 2.71 bits per heavy atom. The molecular formula is C12H20N2O3. The minimum atomic E-state index is -0.501. The summed E-state index contributed by atoms with van der Waals surface area (Å²) in [4.78, 5) is 13.3. The smallest absolute Gasteiger partial charge is 0.410 e. The summed E-state index contributed by atoms with van der Waals surface area (Å²) in [5.41, 5.74) is 5.37. The molecule has 1 rings (SSSR count). The normalized spacial score (nSPS) is 24.5. The number of terminal acetylenes is 1. The minimum Gasteiger partial charge on any atom is -0.444 e. The van der Waals surface area contributed by atoms with Crippen LogP contribution in [0, 0.1) is 12.3 Å². The van der Waals surface area contributed by atoms with Crippen LogP contribution in [0.1, 0.15) is 20.8 Å². The SMILES string of the molecule is C#CCO[C@H]1CN(C(=O)OC(C)(C)C)C[C@@H]1N. The fourth-order valence-electron chi connectivity index (χ4n) is 1.61. The van der Waals surface area contributed by atoms with E-state index in [1.165, 1.54) is 0 Å². The second-order valence-electron chi connectivity index (χ2n) is 5.10. The Kier molecular flexibility index (Phi) is 4.38. The summed E-state index contributed by atoms with van der Waals surface area (Å²) in [5.74, 6) is 2.38. The third-order valence-electron chi connectivity index (χ3n) is 2.34. The molecule has 5 nitrogen and oxygen atoms in total. The number of nitrogens with two attached hydrogens (primary N) is 1. The van der Waals surface area contributed by atoms with Crippen molar-refractivity contribution >= 4 is 6.09 Å². The number of hydrogen-bond acceptors (Lipinski definition) is 4. The number of nitrogens with zero attached hydrogens (tertiary/aromatic N) is 1. The highest BCUT2D eigenvalue weighted by Gasteiger charge is 2.35. The highest BCUT2D eigenvalue weighted by atomic mass is 16.6. The zero-order chi connectivity index (χ0) is 13.1. The first-order valence-corrected chi connectivity index (χ1v) is 5.62. The van der Waals surface area contributed by atoms with Crippen LogP contribution in [0.2, 0.25) is 0 Å². The van der Waals surface area contributed by atoms with Gasteiger partial charge in [-0.05, 0) is 20.8 Å². The Labute approximate surface area is 102 Å². The summed E-state index contributed by atoms with van der Waals surface area (Å²) in [6.45, 7) is 6.55. The summed E-state index contributed by atoms with van der Waals surface area (Å²) in [6.07, 6.45) is 4.54. The molecule has 17 heavy (non-hydrogen) atoms. The molecule has 0 aliphatic carbocycles. The lowest BCUT2D eigenvalue weighted by Gasteiger charge is -2.24. The van der Waals surface area contributed by atoms with E-state index < -0.39 is 5.60 Å². The number of likely N-dealkylation sites (tertiary alicyclic amines) is 1. The number of amides is 1. The van der Waals surface area contributed by atoms with Gasteiger partial charge < -0.3 is 20.1 Å². The van der Waals surface area contributed by atoms with Gasteiger partial charge in [0.2, 0.25) is 0 Å². The van der Waals surface area contributed by atoms with Gasteiger partial charge in [-0.15, -0.1) is 6.42 Å². The van der Waals surface area contributed by atoms with Gasteiger partial charge in [0.15, 0.2) is 0 Å². The Balaban J connectivity index is 2.48. The van der Waals surface area contributed by atoms with Crippen molar-refractivity contribution in [3.63, 3.8) is 0 Å². The molecule has 0 aromatic heterocycles. The van der Waals surface area contributed by atoms with E-state index in [4.69, 9.17) is 21.6 Å². The zero-order valence-electron chi connectivity index (χ0n) is 10.6. The number of carbonyl (C=O) groups excluding carboxylic acids is 1. The van der Waals surface area contributed by atoms with Crippen molar-refractivity contribution in [2.24, 2.45) is 5.73 Å². The monoisotopic (exact) mass is 240 g/mol. The maximum Gasteiger partial charge on any atom is 0.410 e. The number of hydrogen-bond donors (Lipinski definition) is 1. The summed E-state index contributed by atoms with van der Waals surface area (Å²) >= 11 is 0. The van der Waals surface area contributed by atoms with Crippen LogP contribution in [-0.2, 0) is 9.47 Å². The zero-order valence-corrected chi connectivity index (χ0v) is 10.6. The van der Waals surface area contributed by atoms with Crippen molar-refractivity contribution in [2.75, 3.05) is 19.7 Å². The maximum atomic E-state index is 11.8. The van der Waals surface area contributed by atoms with Gasteiger partial charge in [0, 0.05) is 6.54 Å². The minimum absolute atomic E-state index is 0.209. The van der Waals surface area contributed by atoms with Crippen LogP contribution in [0.5, 0.6) is 0 Å². The van der Waals surface area contributed by atoms with Gasteiger partial charge in [-0.25, -0.2) is 4.79 Å². The largest absolute Gasteiger partial charge is 0.444 e. The average Bonchev–Trinajstić information content (AvgIpc) is 2.54. The van der Waals surface area contributed by atoms with E-state index in [-0.39, 0.29) is 24.8 Å². The molecule has 0 saturated carbocycles. The van der Waals surface area contributed by atoms with Gasteiger partial charge in [-0.2, -0.15) is 0 Å². The van der Waals surface area contributed by atoms with Gasteiger partial charge in [0.1, 0.15) is 12.2 Å². The third kappa shape index (κ3) is 4.25. The molecule has 1 amide bonds. The van der Waals surface area contributed by atoms with E-state index in [2.05, 4.69) is 5.92 Å². The Morgan fingerprint density at radius 1 is 1.53 bits per heavy atom. The van der Waals surface area contributed by atoms with Crippen molar-refractivity contribution in [2.45, 2.75) is 38.5 Å². The van der Waals surface area contributed by atoms with Crippen molar-refractivity contribution < 1.29 is 14.3 Å². The molecule has 96 valence electrons. The van der Waals surface area contributed by atoms with Crippen molar-refractivity contribution in [1.29, 1.82) is 0 Å². The van der Waals surface area contributed by atoms with E-state index in [0.717, 1.165) is 0 Å². The van der Waals surface area contributed by atoms with Crippen LogP contribution < -0.4 is 5.73 Å². The molecule has 1 aliphatic rings. The predicted molar refractivity (Wildman–Crippen MR) is 64.4 cm³/mol. The molecule has 1 fully saturated rings. The van der Waals surface area contributed by atoms with Crippen LogP contribution >= 0.6 is 0 Å². The van der Waals surface area contributed by atoms with Crippen LogP contribution in [0.3, 0.4) is 0 Å². The topological polar surface area (TPSA) is 64.8 Å². The number of rotatable bonds is 2. The highest BCUT2D eigenvalue weighted by Crippen LogP contribution is 2.16. The molecule has 2 N–H and O–H groups in total. The summed E-state index contributed by atoms with van der Waals surface area (Å²) < 4.78 is 10.6. The van der Waals surface area contributed by atoms with Gasteiger partial charge in [-0.3, -0.25) is 0 Å². The maximum absolute atomic E-state index is 11.8. The van der Waals surface area contributed by atoms with Crippen LogP contribution in [0.4, 0.5) is 4.79 Å². The number of ether oxygens (including phenoxy) is 2. The first kappa shape index (κ1) is 13.8. The van der Waals surface area contributed by atoms with E-state index >= 15 is 0 Å². The standard InChI is InChI=1S/C12H20N2O3/c1-5-6-16-10-8-14(7-9(10)13)11(15)17-12(2,3)4/h1,9-10H,6-8,13H2,2-4H3/t9-,10-/m0/s1. The summed E-state index contributed by atoms with van der Waals surface area (Å²) in [5, 5.41) is 0. The van der Waals surface area contributed by atoms with Gasteiger partial charge in [0.25, 0.3) is 0 Å². The first-order chi connectivity index (χ1) is 7.83. The van der Waals surface area contributed by atoms with Crippen molar-refractivity contribution in [1.82, 2.24) is 4.90 Å². The Bertz CT molecular complexity index is 317. The molecule has 0 spiro atoms. The molecule has 1 heterocycles. The van der Waals surface area contributed by atoms with Crippen molar-refractivity contribution in [3.05, 3.63) is 0 Å². The molecular weight excluding hydrogens is 220 g/mol. The molecule has 1 saturated heterocycles. The van der Waals surface area contributed by atoms with E-state index in [1.54, 1.807) is 4.90 Å². The molecule has 0 aromatic carbocycles. The summed E-state index contributed by atoms with van der Waals surface area (Å²) in [7, 11) is 0. The fraction of sp³-hybridized carbons (Fsp3) is 0.750. The third-order valence-corrected chi connectivity index (χ3v) is 2.34. The van der Waals surface area contributed by atoms with E-state index in [1.807, 2.05) is 20.8 Å². The number of carbonyl (C=O) groups is 1. The second kappa shape index (κ2) is 5.39. The predicted octanol–water partition coefficient (Wildman–Crippen LogP) is 0.583. The van der Waals surface area contributed by atoms with Crippen LogP contribution in [-0.4, -0.2) is 48.4 Å². The molecule has 2 atom stereocenters. The fourth-order valence-corrected chi connectivity index (χ4v) is 1.61. The van der Waals surface area contributed by atoms with E-state index in [0.29, 0.717) is 13.1 Å². The Hall–Kier alpha value is -1.25. The van der Waals surface area contributed by atoms with Gasteiger partial charge >= 0.3 is 6.09 Å². The lowest BCUT2D eigenvalue weighted by Crippen LogP contribution is -2.37. The van der Waals surface area contributed by atoms with Gasteiger partial charge in [0.05, 0.1) is 18.7 Å². The molecule has 5 heteroatoms. The van der Waals surface area contributed by atoms with Crippen molar-refractivity contribution in [3.8, 4) is 12.3 Å². The first-order valence-electron chi connectivity index (χ1n) is 5.62. The molecule has 0 aromatic rings. The molecule has 0 unspecified atom stereocenters. The molecule has 1 aliphatic heterocycles. The van der Waals surface area contributed by atoms with E-state index in [9.17, 15) is 4.79 Å². The molecule has 0 radical (unpaired) electrons. The van der Waals surface area contributed by atoms with Crippen LogP contribution in [0.25, 0.3) is 0 Å². The molecule has 0 bridgehead atoms. The Morgan fingerprint density at radius 2 is 2.18 bits per heavy atom. The lowest BCUT2D eigenvalue weighted by atomic mass is 10.2. The van der Waals surface area contributed by atoms with Crippen LogP contribution in [0.15, 0.2) is 0 Å². The quantitative estimate of drug-likeness (QED) is 0.717.